The van der Waals surface area contributed by atoms with Crippen molar-refractivity contribution in [3.8, 4) is 11.8 Å². The van der Waals surface area contributed by atoms with Crippen molar-refractivity contribution >= 4 is 5.71 Å². The van der Waals surface area contributed by atoms with Gasteiger partial charge in [0.15, 0.2) is 5.71 Å². The van der Waals surface area contributed by atoms with E-state index < -0.39 is 11.7 Å². The van der Waals surface area contributed by atoms with Crippen LogP contribution in [-0.2, 0) is 17.6 Å². The summed E-state index contributed by atoms with van der Waals surface area (Å²) >= 11 is 0. The maximum absolute atomic E-state index is 12.5. The van der Waals surface area contributed by atoms with Gasteiger partial charge in [0.25, 0.3) is 0 Å². The molecule has 0 bridgehead atoms. The third kappa shape index (κ3) is 4.26. The maximum atomic E-state index is 12.5. The van der Waals surface area contributed by atoms with Crippen LogP contribution in [0, 0.1) is 11.3 Å². The third-order valence-electron chi connectivity index (χ3n) is 3.14. The summed E-state index contributed by atoms with van der Waals surface area (Å²) < 4.78 is 43.1. The summed E-state index contributed by atoms with van der Waals surface area (Å²) in [6.07, 6.45) is -4.39. The Morgan fingerprint density at radius 2 is 1.79 bits per heavy atom. The smallest absolute Gasteiger partial charge is 0.416 e. The van der Waals surface area contributed by atoms with E-state index in [0.29, 0.717) is 16.9 Å². The highest BCUT2D eigenvalue weighted by Gasteiger charge is 2.30. The first-order valence-corrected chi connectivity index (χ1v) is 6.85. The zero-order valence-electron chi connectivity index (χ0n) is 12.7. The number of alkyl halides is 3. The van der Waals surface area contributed by atoms with Gasteiger partial charge in [-0.05, 0) is 29.8 Å². The van der Waals surface area contributed by atoms with Crippen molar-refractivity contribution in [2.24, 2.45) is 5.16 Å². The number of nitriles is 1. The van der Waals surface area contributed by atoms with Crippen molar-refractivity contribution in [2.75, 3.05) is 7.11 Å². The van der Waals surface area contributed by atoms with Gasteiger partial charge in [-0.25, -0.2) is 0 Å². The van der Waals surface area contributed by atoms with Crippen molar-refractivity contribution in [3.63, 3.8) is 0 Å². The largest absolute Gasteiger partial charge is 0.489 e. The molecule has 0 spiro atoms. The van der Waals surface area contributed by atoms with Crippen molar-refractivity contribution in [3.05, 3.63) is 65.2 Å². The second-order valence-corrected chi connectivity index (χ2v) is 4.70. The van der Waals surface area contributed by atoms with Crippen molar-refractivity contribution in [1.82, 2.24) is 0 Å². The molecule has 0 radical (unpaired) electrons. The topological polar surface area (TPSA) is 54.6 Å². The summed E-state index contributed by atoms with van der Waals surface area (Å²) in [6, 6.07) is 13.3. The molecule has 24 heavy (non-hydrogen) atoms. The predicted molar refractivity (Wildman–Crippen MR) is 81.4 cm³/mol. The van der Waals surface area contributed by atoms with E-state index in [1.165, 1.54) is 19.2 Å². The number of nitrogens with zero attached hydrogens (tertiary/aromatic N) is 2. The quantitative estimate of drug-likeness (QED) is 0.609. The van der Waals surface area contributed by atoms with E-state index in [1.54, 1.807) is 24.3 Å². The highest BCUT2D eigenvalue weighted by molar-refractivity contribution is 6.12. The molecule has 0 aromatic heterocycles. The zero-order valence-corrected chi connectivity index (χ0v) is 12.7. The molecule has 0 saturated heterocycles. The fraction of sp³-hybridized carbons (Fsp3) is 0.176. The number of benzene rings is 2. The van der Waals surface area contributed by atoms with E-state index in [4.69, 9.17) is 10.00 Å². The predicted octanol–water partition coefficient (Wildman–Crippen LogP) is 4.16. The average Bonchev–Trinajstić information content (AvgIpc) is 2.58. The molecule has 0 heterocycles. The standard InChI is InChI=1S/C17H13F3N2O2/c1-23-22-16(10-21)15-5-3-2-4-12(15)11-24-14-8-6-13(7-9-14)17(18,19)20/h2-9H,11H2,1H3/b22-16-. The van der Waals surface area contributed by atoms with Gasteiger partial charge in [0.1, 0.15) is 25.5 Å². The van der Waals surface area contributed by atoms with Crippen LogP contribution in [0.5, 0.6) is 5.75 Å². The fourth-order valence-electron chi connectivity index (χ4n) is 2.00. The second-order valence-electron chi connectivity index (χ2n) is 4.70. The first-order valence-electron chi connectivity index (χ1n) is 6.85. The summed E-state index contributed by atoms with van der Waals surface area (Å²) in [5, 5.41) is 12.8. The van der Waals surface area contributed by atoms with Crippen LogP contribution in [0.2, 0.25) is 0 Å². The van der Waals surface area contributed by atoms with E-state index in [-0.39, 0.29) is 12.3 Å². The van der Waals surface area contributed by atoms with Crippen LogP contribution in [0.1, 0.15) is 16.7 Å². The zero-order chi connectivity index (χ0) is 17.6. The molecule has 0 fully saturated rings. The van der Waals surface area contributed by atoms with Gasteiger partial charge in [-0.2, -0.15) is 18.4 Å². The highest BCUT2D eigenvalue weighted by Crippen LogP contribution is 2.30. The SMILES string of the molecule is CO/N=C(/C#N)c1ccccc1COc1ccc(C(F)(F)F)cc1. The molecule has 2 rings (SSSR count). The Balaban J connectivity index is 2.16. The van der Waals surface area contributed by atoms with E-state index in [2.05, 4.69) is 9.99 Å². The van der Waals surface area contributed by atoms with Crippen molar-refractivity contribution in [1.29, 1.82) is 5.26 Å². The van der Waals surface area contributed by atoms with Crippen LogP contribution in [-0.4, -0.2) is 12.8 Å². The molecule has 0 N–H and O–H groups in total. The van der Waals surface area contributed by atoms with Crippen LogP contribution in [0.4, 0.5) is 13.2 Å². The van der Waals surface area contributed by atoms with E-state index >= 15 is 0 Å². The Hall–Kier alpha value is -3.01. The number of oxime groups is 1. The first-order chi connectivity index (χ1) is 11.5. The summed E-state index contributed by atoms with van der Waals surface area (Å²) in [4.78, 5) is 4.63. The summed E-state index contributed by atoms with van der Waals surface area (Å²) in [5.74, 6) is 0.292. The van der Waals surface area contributed by atoms with Gasteiger partial charge in [-0.3, -0.25) is 0 Å². The van der Waals surface area contributed by atoms with Crippen LogP contribution < -0.4 is 4.74 Å². The normalized spacial score (nSPS) is 11.7. The van der Waals surface area contributed by atoms with E-state index in [9.17, 15) is 13.2 Å². The van der Waals surface area contributed by atoms with Crippen LogP contribution in [0.15, 0.2) is 53.7 Å². The lowest BCUT2D eigenvalue weighted by Gasteiger charge is -2.11. The summed E-state index contributed by atoms with van der Waals surface area (Å²) in [6.45, 7) is 0.0753. The third-order valence-corrected chi connectivity index (χ3v) is 3.14. The van der Waals surface area contributed by atoms with Gasteiger partial charge in [0.2, 0.25) is 0 Å². The van der Waals surface area contributed by atoms with Gasteiger partial charge >= 0.3 is 6.18 Å². The first kappa shape index (κ1) is 17.3. The van der Waals surface area contributed by atoms with E-state index in [1.807, 2.05) is 6.07 Å². The Morgan fingerprint density at radius 3 is 2.38 bits per heavy atom. The van der Waals surface area contributed by atoms with Gasteiger partial charge in [-0.15, -0.1) is 0 Å². The maximum Gasteiger partial charge on any atom is 0.416 e. The van der Waals surface area contributed by atoms with Crippen LogP contribution in [0.25, 0.3) is 0 Å². The van der Waals surface area contributed by atoms with Crippen molar-refractivity contribution in [2.45, 2.75) is 12.8 Å². The molecular weight excluding hydrogens is 321 g/mol. The van der Waals surface area contributed by atoms with Crippen LogP contribution >= 0.6 is 0 Å². The minimum absolute atomic E-state index is 0.0753. The second kappa shape index (κ2) is 7.51. The number of ether oxygens (including phenoxy) is 1. The lowest BCUT2D eigenvalue weighted by molar-refractivity contribution is -0.137. The molecule has 0 atom stereocenters. The number of halogens is 3. The molecule has 4 nitrogen and oxygen atoms in total. The molecule has 0 aliphatic carbocycles. The highest BCUT2D eigenvalue weighted by atomic mass is 19.4. The number of hydrogen-bond donors (Lipinski definition) is 0. The Labute approximate surface area is 136 Å². The van der Waals surface area contributed by atoms with Crippen molar-refractivity contribution < 1.29 is 22.7 Å². The lowest BCUT2D eigenvalue weighted by atomic mass is 10.0. The molecule has 0 saturated carbocycles. The minimum Gasteiger partial charge on any atom is -0.489 e. The summed E-state index contributed by atoms with van der Waals surface area (Å²) in [7, 11) is 1.33. The molecule has 124 valence electrons. The molecule has 0 aliphatic rings. The number of rotatable bonds is 5. The minimum atomic E-state index is -4.39. The molecular formula is C17H13F3N2O2. The summed E-state index contributed by atoms with van der Waals surface area (Å²) in [5.41, 5.74) is 0.543. The van der Waals surface area contributed by atoms with Crippen LogP contribution in [0.3, 0.4) is 0 Å². The fourth-order valence-corrected chi connectivity index (χ4v) is 2.00. The molecule has 7 heteroatoms. The monoisotopic (exact) mass is 334 g/mol. The van der Waals surface area contributed by atoms with Gasteiger partial charge in [0.05, 0.1) is 5.56 Å². The molecule has 0 amide bonds. The molecule has 0 aliphatic heterocycles. The van der Waals surface area contributed by atoms with E-state index in [0.717, 1.165) is 12.1 Å². The molecule has 2 aromatic rings. The lowest BCUT2D eigenvalue weighted by Crippen LogP contribution is -2.07. The Bertz CT molecular complexity index is 763. The average molecular weight is 334 g/mol. The van der Waals surface area contributed by atoms with Gasteiger partial charge in [-0.1, -0.05) is 29.4 Å². The molecule has 0 unspecified atom stereocenters. The van der Waals surface area contributed by atoms with Gasteiger partial charge < -0.3 is 9.57 Å². The Kier molecular flexibility index (Phi) is 5.42. The Morgan fingerprint density at radius 1 is 1.12 bits per heavy atom. The molecule has 2 aromatic carbocycles. The van der Waals surface area contributed by atoms with Gasteiger partial charge in [0, 0.05) is 5.56 Å². The number of hydrogen-bond acceptors (Lipinski definition) is 4.